The van der Waals surface area contributed by atoms with Crippen molar-refractivity contribution in [3.8, 4) is 6.07 Å². The molecule has 1 aliphatic carbocycles. The molecule has 3 aromatic heterocycles. The Morgan fingerprint density at radius 3 is 2.73 bits per heavy atom. The first-order chi connectivity index (χ1) is 21.2. The summed E-state index contributed by atoms with van der Waals surface area (Å²) in [6, 6.07) is 4.46. The molecule has 0 saturated carbocycles. The number of likely N-dealkylation sites (tertiary alicyclic amines) is 1. The predicted molar refractivity (Wildman–Crippen MR) is 171 cm³/mol. The maximum Gasteiger partial charge on any atom is 0.236 e. The molecule has 2 aliphatic heterocycles. The number of aliphatic hydroxyl groups excluding tert-OH is 1. The lowest BCUT2D eigenvalue weighted by Gasteiger charge is -2.36. The summed E-state index contributed by atoms with van der Waals surface area (Å²) < 4.78 is 15.9. The van der Waals surface area contributed by atoms with Gasteiger partial charge < -0.3 is 19.8 Å². The number of anilines is 3. The lowest BCUT2D eigenvalue weighted by atomic mass is 10.1. The van der Waals surface area contributed by atoms with Crippen molar-refractivity contribution in [3.63, 3.8) is 0 Å². The zero-order chi connectivity index (χ0) is 31.0. The second-order valence-electron chi connectivity index (χ2n) is 11.6. The lowest BCUT2D eigenvalue weighted by molar-refractivity contribution is -0.131. The first-order valence-corrected chi connectivity index (χ1v) is 15.9. The highest BCUT2D eigenvalue weighted by Crippen LogP contribution is 2.37. The zero-order valence-electron chi connectivity index (χ0n) is 25.3. The van der Waals surface area contributed by atoms with Crippen LogP contribution in [0.25, 0.3) is 11.2 Å². The maximum atomic E-state index is 13.8. The molecule has 0 aromatic carbocycles. The van der Waals surface area contributed by atoms with Crippen LogP contribution in [0.4, 0.5) is 21.0 Å². The van der Waals surface area contributed by atoms with Gasteiger partial charge in [0.1, 0.15) is 28.2 Å². The number of fused-ring (bicyclic) bond motifs is 1. The third kappa shape index (κ3) is 5.87. The third-order valence-electron chi connectivity index (χ3n) is 8.57. The Morgan fingerprint density at radius 2 is 2.02 bits per heavy atom. The molecule has 10 nitrogen and oxygen atoms in total. The minimum atomic E-state index is -0.403. The number of hydrogen-bond donors (Lipinski definition) is 1. The summed E-state index contributed by atoms with van der Waals surface area (Å²) in [6.07, 6.45) is 9.87. The molecule has 3 aromatic rings. The number of carbonyl (C=O) groups excluding carboxylic acids is 1. The van der Waals surface area contributed by atoms with E-state index < -0.39 is 6.10 Å². The molecular formula is C32H37FN8O2S. The van der Waals surface area contributed by atoms with Crippen molar-refractivity contribution in [2.75, 3.05) is 62.7 Å². The van der Waals surface area contributed by atoms with Gasteiger partial charge in [0.05, 0.1) is 29.7 Å². The molecule has 1 N–H and O–H groups in total. The molecule has 6 rings (SSSR count). The number of piperazine rings is 1. The first-order valence-electron chi connectivity index (χ1n) is 15.1. The summed E-state index contributed by atoms with van der Waals surface area (Å²) >= 11 is 1.32. The van der Waals surface area contributed by atoms with Crippen LogP contribution in [0.5, 0.6) is 0 Å². The fraction of sp³-hybridized carbons (Fsp3) is 0.438. The summed E-state index contributed by atoms with van der Waals surface area (Å²) in [5.74, 6) is 0.661. The van der Waals surface area contributed by atoms with Crippen LogP contribution in [0.1, 0.15) is 41.6 Å². The van der Waals surface area contributed by atoms with Gasteiger partial charge in [0.2, 0.25) is 5.91 Å². The monoisotopic (exact) mass is 616 g/mol. The molecule has 230 valence electrons. The van der Waals surface area contributed by atoms with Crippen molar-refractivity contribution in [3.05, 3.63) is 64.2 Å². The van der Waals surface area contributed by atoms with Crippen LogP contribution in [0.2, 0.25) is 0 Å². The standard InChI is InChI=1S/C32H37FN8O2S/c1-4-26-31(37(3)32-36-29(27(17-34)44-32)22-6-5-7-23(33)9-8-22)41-18-24(16-21(2)30(41)35-26)39-14-12-38(13-15-39)20-28(43)40-11-10-25(42)19-40/h5,7-9,16,18,25,42H,4,6,10-15,19-20H2,1-3H3/t25-/m0/s1. The quantitative estimate of drug-likeness (QED) is 0.421. The van der Waals surface area contributed by atoms with E-state index in [0.29, 0.717) is 48.2 Å². The van der Waals surface area contributed by atoms with E-state index in [2.05, 4.69) is 46.4 Å². The summed E-state index contributed by atoms with van der Waals surface area (Å²) in [6.45, 7) is 8.74. The fourth-order valence-corrected chi connectivity index (χ4v) is 6.99. The Labute approximate surface area is 260 Å². The molecule has 0 unspecified atom stereocenters. The van der Waals surface area contributed by atoms with Gasteiger partial charge in [-0.25, -0.2) is 14.4 Å². The van der Waals surface area contributed by atoms with Crippen LogP contribution in [0.3, 0.4) is 0 Å². The van der Waals surface area contributed by atoms with Crippen molar-refractivity contribution in [2.45, 2.75) is 39.2 Å². The zero-order valence-corrected chi connectivity index (χ0v) is 26.1. The van der Waals surface area contributed by atoms with Gasteiger partial charge in [0.15, 0.2) is 5.13 Å². The number of carbonyl (C=O) groups is 1. The maximum absolute atomic E-state index is 13.8. The Kier molecular flexibility index (Phi) is 8.53. The molecule has 0 radical (unpaired) electrons. The highest BCUT2D eigenvalue weighted by Gasteiger charge is 2.28. The number of pyridine rings is 1. The van der Waals surface area contributed by atoms with Crippen molar-refractivity contribution in [1.29, 1.82) is 5.26 Å². The van der Waals surface area contributed by atoms with E-state index >= 15 is 0 Å². The van der Waals surface area contributed by atoms with E-state index in [1.807, 2.05) is 11.9 Å². The predicted octanol–water partition coefficient (Wildman–Crippen LogP) is 4.21. The van der Waals surface area contributed by atoms with Crippen molar-refractivity contribution in [1.82, 2.24) is 24.2 Å². The number of amides is 1. The lowest BCUT2D eigenvalue weighted by Crippen LogP contribution is -2.50. The number of hydrogen-bond acceptors (Lipinski definition) is 9. The SMILES string of the molecule is CCc1nc2c(C)cc(N3CCN(CC(=O)N4CC[C@H](O)C4)CC3)cn2c1N(C)c1nc(C2=CC=C(F)C=CC2)c(C#N)s1. The highest BCUT2D eigenvalue weighted by molar-refractivity contribution is 7.16. The van der Waals surface area contributed by atoms with E-state index in [9.17, 15) is 19.6 Å². The molecule has 44 heavy (non-hydrogen) atoms. The fourth-order valence-electron chi connectivity index (χ4n) is 6.13. The molecule has 3 aliphatic rings. The van der Waals surface area contributed by atoms with Crippen LogP contribution in [0.15, 0.2) is 42.4 Å². The van der Waals surface area contributed by atoms with Crippen LogP contribution in [-0.4, -0.2) is 94.1 Å². The van der Waals surface area contributed by atoms with Gasteiger partial charge in [0, 0.05) is 52.5 Å². The van der Waals surface area contributed by atoms with Gasteiger partial charge in [-0.05, 0) is 55.5 Å². The third-order valence-corrected chi connectivity index (χ3v) is 9.60. The summed E-state index contributed by atoms with van der Waals surface area (Å²) in [4.78, 5) is 31.4. The largest absolute Gasteiger partial charge is 0.391 e. The molecule has 1 amide bonds. The molecule has 2 fully saturated rings. The van der Waals surface area contributed by atoms with E-state index in [0.717, 1.165) is 66.6 Å². The number of β-amino-alcohol motifs (C(OH)–C–C–N with tert-alkyl or cyclic N) is 1. The second-order valence-corrected chi connectivity index (χ2v) is 12.5. The average Bonchev–Trinajstić information content (AvgIpc) is 3.71. The number of thiazole rings is 1. The van der Waals surface area contributed by atoms with Gasteiger partial charge in [0.25, 0.3) is 0 Å². The molecule has 0 spiro atoms. The normalized spacial score (nSPS) is 19.2. The minimum absolute atomic E-state index is 0.0887. The van der Waals surface area contributed by atoms with Crippen molar-refractivity contribution < 1.29 is 14.3 Å². The van der Waals surface area contributed by atoms with Gasteiger partial charge in [-0.2, -0.15) is 5.26 Å². The van der Waals surface area contributed by atoms with Gasteiger partial charge in [-0.15, -0.1) is 0 Å². The highest BCUT2D eigenvalue weighted by atomic mass is 32.1. The van der Waals surface area contributed by atoms with Crippen LogP contribution in [0, 0.1) is 18.3 Å². The van der Waals surface area contributed by atoms with Crippen LogP contribution >= 0.6 is 11.3 Å². The van der Waals surface area contributed by atoms with Gasteiger partial charge >= 0.3 is 0 Å². The topological polar surface area (TPSA) is 104 Å². The van der Waals surface area contributed by atoms with Crippen LogP contribution in [-0.2, 0) is 11.2 Å². The van der Waals surface area contributed by atoms with Gasteiger partial charge in [-0.1, -0.05) is 30.4 Å². The molecule has 5 heterocycles. The van der Waals surface area contributed by atoms with E-state index in [4.69, 9.17) is 9.97 Å². The number of halogens is 1. The molecule has 0 bridgehead atoms. The average molecular weight is 617 g/mol. The molecule has 1 atom stereocenters. The number of nitriles is 1. The Hall–Kier alpha value is -4.05. The number of aromatic nitrogens is 3. The van der Waals surface area contributed by atoms with E-state index in [1.54, 1.807) is 17.1 Å². The Morgan fingerprint density at radius 1 is 1.23 bits per heavy atom. The number of aryl methyl sites for hydroxylation is 2. The molecule has 12 heteroatoms. The first kappa shape index (κ1) is 30.0. The molecular weight excluding hydrogens is 579 g/mol. The minimum Gasteiger partial charge on any atom is -0.391 e. The number of imidazole rings is 1. The smallest absolute Gasteiger partial charge is 0.236 e. The number of nitrogens with zero attached hydrogens (tertiary/aromatic N) is 8. The Bertz CT molecular complexity index is 1710. The van der Waals surface area contributed by atoms with Crippen LogP contribution < -0.4 is 9.80 Å². The van der Waals surface area contributed by atoms with Crippen molar-refractivity contribution >= 4 is 45.1 Å². The van der Waals surface area contributed by atoms with Crippen molar-refractivity contribution in [2.24, 2.45) is 0 Å². The van der Waals surface area contributed by atoms with E-state index in [-0.39, 0.29) is 11.7 Å². The van der Waals surface area contributed by atoms with Gasteiger partial charge in [-0.3, -0.25) is 14.1 Å². The summed E-state index contributed by atoms with van der Waals surface area (Å²) in [5, 5.41) is 20.4. The summed E-state index contributed by atoms with van der Waals surface area (Å²) in [7, 11) is 1.95. The number of aliphatic hydroxyl groups is 1. The van der Waals surface area contributed by atoms with E-state index in [1.165, 1.54) is 23.5 Å². The number of rotatable bonds is 7. The number of allylic oxidation sites excluding steroid dienone is 6. The molecule has 2 saturated heterocycles. The second kappa shape index (κ2) is 12.5. The summed E-state index contributed by atoms with van der Waals surface area (Å²) in [5.41, 5.74) is 5.33. The Balaban J connectivity index is 1.25.